The van der Waals surface area contributed by atoms with Crippen LogP contribution in [0.25, 0.3) is 0 Å². The number of phenols is 1. The van der Waals surface area contributed by atoms with Crippen LogP contribution in [0.4, 0.5) is 23.7 Å². The van der Waals surface area contributed by atoms with Crippen LogP contribution in [0.2, 0.25) is 5.02 Å². The Hall–Kier alpha value is -3.78. The average Bonchev–Trinajstić information content (AvgIpc) is 2.71. The highest BCUT2D eigenvalue weighted by Crippen LogP contribution is 2.37. The Labute approximate surface area is 191 Å². The number of nitrogens with one attached hydrogen (secondary N) is 2. The average molecular weight is 483 g/mol. The quantitative estimate of drug-likeness (QED) is 0.410. The molecule has 0 atom stereocenters. The second-order valence-corrected chi connectivity index (χ2v) is 7.05. The maximum absolute atomic E-state index is 13.0. The van der Waals surface area contributed by atoms with Gasteiger partial charge in [-0.05, 0) is 61.2 Å². The summed E-state index contributed by atoms with van der Waals surface area (Å²) in [6, 6.07) is 7.69. The number of benzene rings is 2. The van der Waals surface area contributed by atoms with Gasteiger partial charge in [0, 0.05) is 5.02 Å². The summed E-state index contributed by atoms with van der Waals surface area (Å²) in [5.74, 6) is -1.94. The van der Waals surface area contributed by atoms with Crippen LogP contribution in [-0.2, 0) is 22.1 Å². The zero-order chi connectivity index (χ0) is 24.8. The molecule has 0 bridgehead atoms. The lowest BCUT2D eigenvalue weighted by molar-refractivity contribution is -0.138. The van der Waals surface area contributed by atoms with Crippen molar-refractivity contribution < 1.29 is 32.6 Å². The van der Waals surface area contributed by atoms with Crippen molar-refractivity contribution in [3.05, 3.63) is 57.6 Å². The van der Waals surface area contributed by atoms with Crippen LogP contribution in [0.15, 0.2) is 35.4 Å². The molecule has 0 aliphatic rings. The second kappa shape index (κ2) is 10.7. The van der Waals surface area contributed by atoms with Gasteiger partial charge in [0.15, 0.2) is 0 Å². The maximum atomic E-state index is 13.0. The molecule has 0 radical (unpaired) electrons. The topological polar surface area (TPSA) is 124 Å². The van der Waals surface area contributed by atoms with Crippen molar-refractivity contribution in [3.63, 3.8) is 0 Å². The van der Waals surface area contributed by atoms with Crippen LogP contribution >= 0.6 is 11.6 Å². The number of nitriles is 1. The molecule has 0 aliphatic heterocycles. The Kier molecular flexibility index (Phi) is 8.26. The SMILES string of the molecule is CCOC(=O)NC(=O)/C(C#N)=N/Nc1cc(C)c(Cc2ccc(O)c(C(F)(F)F)c2)c(Cl)c1. The largest absolute Gasteiger partial charge is 0.507 e. The van der Waals surface area contributed by atoms with E-state index in [1.807, 2.05) is 5.32 Å². The first-order chi connectivity index (χ1) is 15.5. The van der Waals surface area contributed by atoms with E-state index >= 15 is 0 Å². The van der Waals surface area contributed by atoms with Gasteiger partial charge in [-0.3, -0.25) is 15.5 Å². The second-order valence-electron chi connectivity index (χ2n) is 6.64. The molecule has 2 amide bonds. The molecule has 3 N–H and O–H groups in total. The molecule has 33 heavy (non-hydrogen) atoms. The lowest BCUT2D eigenvalue weighted by Gasteiger charge is -2.14. The van der Waals surface area contributed by atoms with E-state index in [-0.39, 0.29) is 23.6 Å². The summed E-state index contributed by atoms with van der Waals surface area (Å²) < 4.78 is 43.7. The Balaban J connectivity index is 2.22. The number of aryl methyl sites for hydroxylation is 1. The molecule has 0 saturated heterocycles. The molecule has 0 spiro atoms. The molecule has 0 saturated carbocycles. The Morgan fingerprint density at radius 1 is 1.27 bits per heavy atom. The number of anilines is 1. The number of carbonyl (C=O) groups excluding carboxylic acids is 2. The third-order valence-electron chi connectivity index (χ3n) is 4.27. The number of halogens is 4. The summed E-state index contributed by atoms with van der Waals surface area (Å²) in [7, 11) is 0. The minimum atomic E-state index is -4.71. The Morgan fingerprint density at radius 2 is 1.97 bits per heavy atom. The zero-order valence-corrected chi connectivity index (χ0v) is 18.1. The van der Waals surface area contributed by atoms with Crippen molar-refractivity contribution in [1.82, 2.24) is 5.32 Å². The number of aromatic hydroxyl groups is 1. The number of hydrogen-bond donors (Lipinski definition) is 3. The number of phenolic OH excluding ortho intramolecular Hbond substituents is 1. The van der Waals surface area contributed by atoms with E-state index in [0.717, 1.165) is 12.1 Å². The highest BCUT2D eigenvalue weighted by molar-refractivity contribution is 6.46. The van der Waals surface area contributed by atoms with Gasteiger partial charge in [-0.15, -0.1) is 0 Å². The van der Waals surface area contributed by atoms with Crippen LogP contribution in [0.5, 0.6) is 5.75 Å². The van der Waals surface area contributed by atoms with Crippen molar-refractivity contribution in [2.24, 2.45) is 5.10 Å². The van der Waals surface area contributed by atoms with E-state index in [2.05, 4.69) is 15.3 Å². The molecule has 2 rings (SSSR count). The van der Waals surface area contributed by atoms with E-state index in [4.69, 9.17) is 16.9 Å². The third-order valence-corrected chi connectivity index (χ3v) is 4.61. The van der Waals surface area contributed by atoms with Gasteiger partial charge in [0.25, 0.3) is 5.91 Å². The lowest BCUT2D eigenvalue weighted by atomic mass is 9.98. The van der Waals surface area contributed by atoms with Gasteiger partial charge in [0.05, 0.1) is 17.9 Å². The summed E-state index contributed by atoms with van der Waals surface area (Å²) in [5, 5.41) is 24.2. The predicted octanol–water partition coefficient (Wildman–Crippen LogP) is 4.53. The number of hydrazone groups is 1. The molecular weight excluding hydrogens is 465 g/mol. The van der Waals surface area contributed by atoms with Gasteiger partial charge in [-0.2, -0.15) is 23.5 Å². The number of ether oxygens (including phenoxy) is 1. The van der Waals surface area contributed by atoms with Crippen LogP contribution in [0.3, 0.4) is 0 Å². The third kappa shape index (κ3) is 6.85. The number of alkyl carbamates (subject to hydrolysis) is 1. The van der Waals surface area contributed by atoms with Gasteiger partial charge < -0.3 is 9.84 Å². The predicted molar refractivity (Wildman–Crippen MR) is 114 cm³/mol. The number of carbonyl (C=O) groups is 2. The van der Waals surface area contributed by atoms with Gasteiger partial charge in [-0.25, -0.2) is 4.79 Å². The van der Waals surface area contributed by atoms with Gasteiger partial charge in [0.1, 0.15) is 11.8 Å². The standard InChI is InChI=1S/C21H18ClF3N4O4/c1-3-33-20(32)27-19(31)17(10-26)29-28-13-6-11(2)14(16(22)9-13)7-12-4-5-18(30)15(8-12)21(23,24)25/h4-6,8-9,28,30H,3,7H2,1-2H3,(H,27,31,32)/b29-17+. The molecule has 8 nitrogen and oxygen atoms in total. The normalized spacial score (nSPS) is 11.5. The van der Waals surface area contributed by atoms with E-state index in [1.54, 1.807) is 13.0 Å². The minimum Gasteiger partial charge on any atom is -0.507 e. The number of alkyl halides is 3. The van der Waals surface area contributed by atoms with Crippen molar-refractivity contribution >= 4 is 35.0 Å². The first-order valence-electron chi connectivity index (χ1n) is 9.36. The summed E-state index contributed by atoms with van der Waals surface area (Å²) in [6.07, 6.45) is -5.68. The van der Waals surface area contributed by atoms with Crippen molar-refractivity contribution in [3.8, 4) is 11.8 Å². The van der Waals surface area contributed by atoms with Gasteiger partial charge in [-0.1, -0.05) is 17.7 Å². The smallest absolute Gasteiger partial charge is 0.419 e. The number of amides is 2. The number of hydrogen-bond acceptors (Lipinski definition) is 7. The monoisotopic (exact) mass is 482 g/mol. The number of imide groups is 1. The molecule has 0 unspecified atom stereocenters. The highest BCUT2D eigenvalue weighted by atomic mass is 35.5. The summed E-state index contributed by atoms with van der Waals surface area (Å²) in [4.78, 5) is 23.2. The molecule has 0 fully saturated rings. The molecule has 0 heterocycles. The molecule has 174 valence electrons. The molecule has 2 aromatic carbocycles. The summed E-state index contributed by atoms with van der Waals surface area (Å²) in [6.45, 7) is 3.24. The molecular formula is C21H18ClF3N4O4. The Bertz CT molecular complexity index is 1120. The van der Waals surface area contributed by atoms with Crippen LogP contribution in [-0.4, -0.2) is 29.4 Å². The fourth-order valence-electron chi connectivity index (χ4n) is 2.75. The number of nitrogens with zero attached hydrogens (tertiary/aromatic N) is 2. The first kappa shape index (κ1) is 25.5. The fraction of sp³-hybridized carbons (Fsp3) is 0.238. The van der Waals surface area contributed by atoms with Crippen molar-refractivity contribution in [2.45, 2.75) is 26.4 Å². The minimum absolute atomic E-state index is 0.0299. The van der Waals surface area contributed by atoms with Crippen molar-refractivity contribution in [2.75, 3.05) is 12.0 Å². The first-order valence-corrected chi connectivity index (χ1v) is 9.74. The van der Waals surface area contributed by atoms with E-state index in [0.29, 0.717) is 16.8 Å². The molecule has 0 aromatic heterocycles. The van der Waals surface area contributed by atoms with Crippen LogP contribution in [0.1, 0.15) is 29.2 Å². The molecule has 2 aromatic rings. The van der Waals surface area contributed by atoms with Crippen LogP contribution in [0, 0.1) is 18.3 Å². The van der Waals surface area contributed by atoms with Gasteiger partial charge >= 0.3 is 12.3 Å². The van der Waals surface area contributed by atoms with E-state index in [1.165, 1.54) is 25.1 Å². The number of rotatable bonds is 6. The van der Waals surface area contributed by atoms with Crippen LogP contribution < -0.4 is 10.7 Å². The van der Waals surface area contributed by atoms with Crippen molar-refractivity contribution in [1.29, 1.82) is 5.26 Å². The molecule has 12 heteroatoms. The fourth-order valence-corrected chi connectivity index (χ4v) is 3.09. The highest BCUT2D eigenvalue weighted by Gasteiger charge is 2.34. The summed E-state index contributed by atoms with van der Waals surface area (Å²) in [5.41, 5.74) is 2.38. The zero-order valence-electron chi connectivity index (χ0n) is 17.4. The van der Waals surface area contributed by atoms with E-state index in [9.17, 15) is 27.9 Å². The lowest BCUT2D eigenvalue weighted by Crippen LogP contribution is -2.36. The van der Waals surface area contributed by atoms with E-state index < -0.39 is 35.2 Å². The maximum Gasteiger partial charge on any atom is 0.419 e. The Morgan fingerprint density at radius 3 is 2.55 bits per heavy atom. The summed E-state index contributed by atoms with van der Waals surface area (Å²) >= 11 is 6.30. The molecule has 0 aliphatic carbocycles. The van der Waals surface area contributed by atoms with Gasteiger partial charge in [0.2, 0.25) is 5.71 Å².